The zero-order valence-electron chi connectivity index (χ0n) is 14.8. The minimum Gasteiger partial charge on any atom is -0.302 e. The summed E-state index contributed by atoms with van der Waals surface area (Å²) in [6.45, 7) is 11.9. The molecule has 0 rings (SSSR count). The standard InChI is InChI=1S/C16H35O4P/c1-7-11-13-15(5,9-3)19-21(17,18)20-16(6,10-4)14-12-8-2/h7-14H2,1-6H3,(H,17,18). The van der Waals surface area contributed by atoms with Gasteiger partial charge < -0.3 is 4.89 Å². The molecule has 0 aromatic heterocycles. The first-order valence-corrected chi connectivity index (χ1v) is 9.89. The lowest BCUT2D eigenvalue weighted by Crippen LogP contribution is -2.31. The van der Waals surface area contributed by atoms with E-state index in [-0.39, 0.29) is 0 Å². The second-order valence-electron chi connectivity index (χ2n) is 6.47. The molecule has 0 aromatic carbocycles. The van der Waals surface area contributed by atoms with Crippen molar-refractivity contribution >= 4 is 7.82 Å². The Balaban J connectivity index is 4.82. The molecule has 0 bridgehead atoms. The van der Waals surface area contributed by atoms with Gasteiger partial charge >= 0.3 is 7.82 Å². The molecule has 0 aliphatic carbocycles. The number of rotatable bonds is 12. The van der Waals surface area contributed by atoms with Gasteiger partial charge in [-0.25, -0.2) is 4.57 Å². The lowest BCUT2D eigenvalue weighted by atomic mass is 9.97. The van der Waals surface area contributed by atoms with Crippen LogP contribution < -0.4 is 0 Å². The minimum absolute atomic E-state index is 0.598. The molecular formula is C16H35O4P. The fourth-order valence-corrected chi connectivity index (χ4v) is 3.84. The van der Waals surface area contributed by atoms with Gasteiger partial charge in [0.15, 0.2) is 0 Å². The van der Waals surface area contributed by atoms with Crippen molar-refractivity contribution in [3.63, 3.8) is 0 Å². The molecule has 0 saturated carbocycles. The minimum atomic E-state index is -4.05. The molecule has 4 nitrogen and oxygen atoms in total. The van der Waals surface area contributed by atoms with Crippen molar-refractivity contribution < 1.29 is 18.5 Å². The highest BCUT2D eigenvalue weighted by atomic mass is 31.2. The third-order valence-electron chi connectivity index (χ3n) is 4.29. The fraction of sp³-hybridized carbons (Fsp3) is 1.00. The van der Waals surface area contributed by atoms with Crippen molar-refractivity contribution in [2.24, 2.45) is 0 Å². The van der Waals surface area contributed by atoms with Gasteiger partial charge in [-0.2, -0.15) is 0 Å². The number of hydrogen-bond donors (Lipinski definition) is 1. The van der Waals surface area contributed by atoms with Gasteiger partial charge in [0.05, 0.1) is 11.2 Å². The average Bonchev–Trinajstić information content (AvgIpc) is 2.42. The Morgan fingerprint density at radius 1 is 0.857 bits per heavy atom. The lowest BCUT2D eigenvalue weighted by Gasteiger charge is -2.35. The molecule has 1 N–H and O–H groups in total. The van der Waals surface area contributed by atoms with E-state index in [1.54, 1.807) is 0 Å². The third kappa shape index (κ3) is 8.35. The summed E-state index contributed by atoms with van der Waals surface area (Å²) in [5, 5.41) is 0. The maximum Gasteiger partial charge on any atom is 0.473 e. The zero-order chi connectivity index (χ0) is 16.6. The predicted octanol–water partition coefficient (Wildman–Crippen LogP) is 5.84. The summed E-state index contributed by atoms with van der Waals surface area (Å²) in [5.41, 5.74) is -1.20. The first kappa shape index (κ1) is 21.1. The summed E-state index contributed by atoms with van der Waals surface area (Å²) >= 11 is 0. The van der Waals surface area contributed by atoms with Gasteiger partial charge in [-0.15, -0.1) is 0 Å². The fourth-order valence-electron chi connectivity index (χ4n) is 2.25. The zero-order valence-corrected chi connectivity index (χ0v) is 15.7. The van der Waals surface area contributed by atoms with Crippen molar-refractivity contribution in [1.29, 1.82) is 0 Å². The van der Waals surface area contributed by atoms with Crippen molar-refractivity contribution in [1.82, 2.24) is 0 Å². The number of unbranched alkanes of at least 4 members (excludes halogenated alkanes) is 2. The average molecular weight is 322 g/mol. The molecule has 0 saturated heterocycles. The Bertz CT molecular complexity index is 306. The molecule has 0 amide bonds. The maximum atomic E-state index is 12.4. The van der Waals surface area contributed by atoms with E-state index < -0.39 is 19.0 Å². The van der Waals surface area contributed by atoms with E-state index in [2.05, 4.69) is 13.8 Å². The second kappa shape index (κ2) is 9.29. The summed E-state index contributed by atoms with van der Waals surface area (Å²) in [7, 11) is -4.05. The topological polar surface area (TPSA) is 55.8 Å². The van der Waals surface area contributed by atoms with Crippen LogP contribution in [0.1, 0.15) is 92.9 Å². The highest BCUT2D eigenvalue weighted by molar-refractivity contribution is 7.47. The third-order valence-corrected chi connectivity index (χ3v) is 5.63. The molecule has 128 valence electrons. The van der Waals surface area contributed by atoms with E-state index in [1.807, 2.05) is 27.7 Å². The van der Waals surface area contributed by atoms with Crippen LogP contribution in [0.25, 0.3) is 0 Å². The number of phosphoric acid groups is 1. The molecule has 2 atom stereocenters. The largest absolute Gasteiger partial charge is 0.473 e. The first-order valence-electron chi connectivity index (χ1n) is 8.40. The Hall–Kier alpha value is 0.110. The van der Waals surface area contributed by atoms with Crippen LogP contribution in [0.3, 0.4) is 0 Å². The quantitative estimate of drug-likeness (QED) is 0.459. The molecule has 0 spiro atoms. The Morgan fingerprint density at radius 2 is 1.19 bits per heavy atom. The van der Waals surface area contributed by atoms with E-state index >= 15 is 0 Å². The van der Waals surface area contributed by atoms with Gasteiger partial charge in [0, 0.05) is 0 Å². The number of hydrogen-bond acceptors (Lipinski definition) is 3. The number of phosphoric ester groups is 1. The molecule has 2 unspecified atom stereocenters. The summed E-state index contributed by atoms with van der Waals surface area (Å²) in [5.74, 6) is 0. The van der Waals surface area contributed by atoms with Gasteiger partial charge in [0.2, 0.25) is 0 Å². The lowest BCUT2D eigenvalue weighted by molar-refractivity contribution is -0.0218. The molecule has 0 aliphatic heterocycles. The van der Waals surface area contributed by atoms with Crippen LogP contribution in [0.15, 0.2) is 0 Å². The molecule has 0 radical (unpaired) electrons. The van der Waals surface area contributed by atoms with Crippen LogP contribution in [-0.4, -0.2) is 16.1 Å². The SMILES string of the molecule is CCCCC(C)(CC)OP(=O)(O)OC(C)(CC)CCCC. The molecule has 0 aromatic rings. The second-order valence-corrected chi connectivity index (χ2v) is 7.77. The van der Waals surface area contributed by atoms with Crippen molar-refractivity contribution in [2.75, 3.05) is 0 Å². The van der Waals surface area contributed by atoms with Gasteiger partial charge in [-0.3, -0.25) is 9.05 Å². The van der Waals surface area contributed by atoms with Gasteiger partial charge in [-0.1, -0.05) is 53.4 Å². The van der Waals surface area contributed by atoms with Crippen LogP contribution in [0.2, 0.25) is 0 Å². The molecular weight excluding hydrogens is 287 g/mol. The monoisotopic (exact) mass is 322 g/mol. The summed E-state index contributed by atoms with van der Waals surface area (Å²) in [6.07, 6.45) is 6.96. The van der Waals surface area contributed by atoms with E-state index in [4.69, 9.17) is 9.05 Å². The van der Waals surface area contributed by atoms with Gasteiger partial charge in [0.1, 0.15) is 0 Å². The van der Waals surface area contributed by atoms with E-state index in [9.17, 15) is 9.46 Å². The molecule has 0 aliphatic rings. The predicted molar refractivity (Wildman–Crippen MR) is 88.4 cm³/mol. The normalized spacial score (nSPS) is 20.5. The highest BCUT2D eigenvalue weighted by Gasteiger charge is 2.39. The van der Waals surface area contributed by atoms with E-state index in [0.29, 0.717) is 12.8 Å². The first-order chi connectivity index (χ1) is 9.66. The molecule has 21 heavy (non-hydrogen) atoms. The van der Waals surface area contributed by atoms with Crippen LogP contribution in [0, 0.1) is 0 Å². The summed E-state index contributed by atoms with van der Waals surface area (Å²) in [4.78, 5) is 10.2. The Labute approximate surface area is 131 Å². The smallest absolute Gasteiger partial charge is 0.302 e. The van der Waals surface area contributed by atoms with Gasteiger partial charge in [-0.05, 0) is 39.5 Å². The summed E-state index contributed by atoms with van der Waals surface area (Å²) in [6, 6.07) is 0. The van der Waals surface area contributed by atoms with Crippen LogP contribution in [0.5, 0.6) is 0 Å². The molecule has 0 fully saturated rings. The van der Waals surface area contributed by atoms with Crippen molar-refractivity contribution in [3.8, 4) is 0 Å². The molecule has 0 heterocycles. The van der Waals surface area contributed by atoms with E-state index in [0.717, 1.165) is 38.5 Å². The summed E-state index contributed by atoms with van der Waals surface area (Å²) < 4.78 is 23.5. The Kier molecular flexibility index (Phi) is 9.34. The van der Waals surface area contributed by atoms with Crippen molar-refractivity contribution in [3.05, 3.63) is 0 Å². The van der Waals surface area contributed by atoms with Crippen LogP contribution in [0.4, 0.5) is 0 Å². The maximum absolute atomic E-state index is 12.4. The van der Waals surface area contributed by atoms with Crippen LogP contribution >= 0.6 is 7.82 Å². The van der Waals surface area contributed by atoms with E-state index in [1.165, 1.54) is 0 Å². The van der Waals surface area contributed by atoms with Crippen LogP contribution in [-0.2, 0) is 13.6 Å². The van der Waals surface area contributed by atoms with Gasteiger partial charge in [0.25, 0.3) is 0 Å². The Morgan fingerprint density at radius 3 is 1.43 bits per heavy atom. The van der Waals surface area contributed by atoms with Crippen molar-refractivity contribution in [2.45, 2.75) is 104 Å². The highest BCUT2D eigenvalue weighted by Crippen LogP contribution is 2.53. The molecule has 5 heteroatoms.